The number of hydrogen-bond donors (Lipinski definition) is 5. The molecule has 0 aliphatic rings. The van der Waals surface area contributed by atoms with Crippen LogP contribution in [0.2, 0.25) is 0 Å². The number of carbonyl (C=O) groups excluding carboxylic acids is 5. The van der Waals surface area contributed by atoms with Crippen molar-refractivity contribution < 1.29 is 38.2 Å². The standard InChI is InChI=1S/C50H64N8O8/c1-11-15-16-32(12-2)31-66-43(61)35-21-27-38(28-22-35)53-48-55-46(51-36-23-17-33(18-24-36)29-39(44(62)64-13-3)41(59)57-49(5,6)7)54-47(56-48)52-37-25-19-34(20-26-37)30-40(45(63)65-14-4)42(60)58-50(8,9)10/h17-30,32H,11-16,31H2,1-10H3,(H,57,59)(H,58,60)(H3,51,52,53,54,55,56). The maximum absolute atomic E-state index is 13.0. The van der Waals surface area contributed by atoms with Crippen molar-refractivity contribution in [1.29, 1.82) is 0 Å². The van der Waals surface area contributed by atoms with Crippen molar-refractivity contribution in [2.45, 2.75) is 106 Å². The molecule has 1 atom stereocenters. The van der Waals surface area contributed by atoms with E-state index in [4.69, 9.17) is 14.2 Å². The first kappa shape index (κ1) is 51.5. The molecule has 352 valence electrons. The molecule has 2 amide bonds. The molecule has 0 radical (unpaired) electrons. The lowest BCUT2D eigenvalue weighted by atomic mass is 10.0. The Kier molecular flexibility index (Phi) is 18.9. The van der Waals surface area contributed by atoms with Gasteiger partial charge in [-0.25, -0.2) is 14.4 Å². The minimum atomic E-state index is -0.736. The van der Waals surface area contributed by atoms with E-state index in [9.17, 15) is 24.0 Å². The van der Waals surface area contributed by atoms with E-state index in [0.29, 0.717) is 46.3 Å². The zero-order valence-corrected chi connectivity index (χ0v) is 39.7. The van der Waals surface area contributed by atoms with Gasteiger partial charge in [0.2, 0.25) is 17.8 Å². The average Bonchev–Trinajstić information content (AvgIpc) is 3.25. The summed E-state index contributed by atoms with van der Waals surface area (Å²) in [6, 6.07) is 20.6. The summed E-state index contributed by atoms with van der Waals surface area (Å²) in [5.41, 5.74) is 1.90. The van der Waals surface area contributed by atoms with Crippen molar-refractivity contribution in [2.24, 2.45) is 5.92 Å². The number of anilines is 6. The van der Waals surface area contributed by atoms with Gasteiger partial charge in [-0.15, -0.1) is 0 Å². The van der Waals surface area contributed by atoms with Crippen LogP contribution in [-0.4, -0.2) is 75.6 Å². The highest BCUT2D eigenvalue weighted by atomic mass is 16.5. The van der Waals surface area contributed by atoms with E-state index in [1.807, 2.05) is 41.5 Å². The smallest absolute Gasteiger partial charge is 0.343 e. The Bertz CT molecular complexity index is 2220. The molecule has 0 spiro atoms. The van der Waals surface area contributed by atoms with Gasteiger partial charge in [-0.05, 0) is 140 Å². The predicted molar refractivity (Wildman–Crippen MR) is 258 cm³/mol. The number of amides is 2. The van der Waals surface area contributed by atoms with Gasteiger partial charge < -0.3 is 40.8 Å². The zero-order valence-electron chi connectivity index (χ0n) is 39.7. The molecular formula is C50H64N8O8. The largest absolute Gasteiger partial charge is 0.462 e. The van der Waals surface area contributed by atoms with Crippen molar-refractivity contribution in [2.75, 3.05) is 35.8 Å². The van der Waals surface area contributed by atoms with Gasteiger partial charge in [0.05, 0.1) is 25.4 Å². The molecule has 0 bridgehead atoms. The monoisotopic (exact) mass is 904 g/mol. The van der Waals surface area contributed by atoms with Crippen LogP contribution in [0.25, 0.3) is 12.2 Å². The summed E-state index contributed by atoms with van der Waals surface area (Å²) in [5, 5.41) is 15.2. The number of unbranched alkanes of at least 4 members (excludes halogenated alkanes) is 1. The minimum Gasteiger partial charge on any atom is -0.462 e. The maximum atomic E-state index is 13.0. The Morgan fingerprint density at radius 1 is 0.561 bits per heavy atom. The summed E-state index contributed by atoms with van der Waals surface area (Å²) in [6.45, 7) is 19.1. The SMILES string of the molecule is CCCCC(CC)COC(=O)c1ccc(Nc2nc(Nc3ccc(C=C(C(=O)NC(C)(C)C)C(=O)OCC)cc3)nc(Nc3ccc(C=C(C(=O)NC(C)(C)C)C(=O)OCC)cc3)n2)cc1. The summed E-state index contributed by atoms with van der Waals surface area (Å²) >= 11 is 0. The van der Waals surface area contributed by atoms with Crippen molar-refractivity contribution in [3.63, 3.8) is 0 Å². The number of hydrogen-bond acceptors (Lipinski definition) is 14. The lowest BCUT2D eigenvalue weighted by Crippen LogP contribution is -2.42. The van der Waals surface area contributed by atoms with E-state index in [1.54, 1.807) is 86.6 Å². The van der Waals surface area contributed by atoms with Crippen molar-refractivity contribution in [3.05, 3.63) is 101 Å². The molecule has 3 aromatic carbocycles. The van der Waals surface area contributed by atoms with Gasteiger partial charge in [0, 0.05) is 28.1 Å². The Morgan fingerprint density at radius 3 is 1.27 bits per heavy atom. The number of carbonyl (C=O) groups is 5. The molecule has 5 N–H and O–H groups in total. The van der Waals surface area contributed by atoms with E-state index in [-0.39, 0.29) is 42.2 Å². The van der Waals surface area contributed by atoms with Crippen molar-refractivity contribution in [3.8, 4) is 0 Å². The van der Waals surface area contributed by atoms with Crippen LogP contribution in [0.15, 0.2) is 83.9 Å². The van der Waals surface area contributed by atoms with Crippen LogP contribution in [0.5, 0.6) is 0 Å². The number of ether oxygens (including phenoxy) is 3. The number of nitrogens with zero attached hydrogens (tertiary/aromatic N) is 3. The zero-order chi connectivity index (χ0) is 48.4. The summed E-state index contributed by atoms with van der Waals surface area (Å²) < 4.78 is 16.0. The molecule has 0 saturated carbocycles. The summed E-state index contributed by atoms with van der Waals surface area (Å²) in [7, 11) is 0. The molecule has 4 rings (SSSR count). The van der Waals surface area contributed by atoms with Crippen LogP contribution in [0.4, 0.5) is 34.9 Å². The number of nitrogens with one attached hydrogen (secondary N) is 5. The van der Waals surface area contributed by atoms with Gasteiger partial charge in [0.1, 0.15) is 11.1 Å². The van der Waals surface area contributed by atoms with Crippen molar-refractivity contribution >= 4 is 76.8 Å². The number of rotatable bonds is 21. The van der Waals surface area contributed by atoms with E-state index < -0.39 is 40.8 Å². The molecular weight excluding hydrogens is 841 g/mol. The lowest BCUT2D eigenvalue weighted by molar-refractivity contribution is -0.141. The van der Waals surface area contributed by atoms with E-state index >= 15 is 0 Å². The molecule has 0 saturated heterocycles. The Labute approximate surface area is 387 Å². The normalized spacial score (nSPS) is 12.3. The van der Waals surface area contributed by atoms with Crippen LogP contribution in [0.3, 0.4) is 0 Å². The van der Waals surface area contributed by atoms with Crippen molar-refractivity contribution in [1.82, 2.24) is 25.6 Å². The van der Waals surface area contributed by atoms with Gasteiger partial charge in [0.25, 0.3) is 11.8 Å². The second-order valence-electron chi connectivity index (χ2n) is 17.5. The number of esters is 3. The lowest BCUT2D eigenvalue weighted by Gasteiger charge is -2.21. The Balaban J connectivity index is 1.63. The van der Waals surface area contributed by atoms with Gasteiger partial charge in [0.15, 0.2) is 0 Å². The topological polar surface area (TPSA) is 212 Å². The molecule has 16 nitrogen and oxygen atoms in total. The van der Waals surface area contributed by atoms with Gasteiger partial charge in [-0.1, -0.05) is 57.4 Å². The number of benzene rings is 3. The third kappa shape index (κ3) is 17.1. The summed E-state index contributed by atoms with van der Waals surface area (Å²) in [5.74, 6) is -2.17. The molecule has 1 aromatic heterocycles. The molecule has 4 aromatic rings. The fourth-order valence-corrected chi connectivity index (χ4v) is 6.12. The molecule has 0 fully saturated rings. The quantitative estimate of drug-likeness (QED) is 0.0174. The second-order valence-corrected chi connectivity index (χ2v) is 17.5. The minimum absolute atomic E-state index is 0.110. The van der Waals surface area contributed by atoms with Gasteiger partial charge in [-0.2, -0.15) is 15.0 Å². The van der Waals surface area contributed by atoms with Gasteiger partial charge >= 0.3 is 17.9 Å². The third-order valence-corrected chi connectivity index (χ3v) is 9.42. The Hall–Kier alpha value is -7.10. The molecule has 1 heterocycles. The van der Waals surface area contributed by atoms with Gasteiger partial charge in [-0.3, -0.25) is 9.59 Å². The fourth-order valence-electron chi connectivity index (χ4n) is 6.12. The Morgan fingerprint density at radius 2 is 0.939 bits per heavy atom. The number of aromatic nitrogens is 3. The molecule has 0 aliphatic carbocycles. The summed E-state index contributed by atoms with van der Waals surface area (Å²) in [4.78, 5) is 78.3. The fraction of sp³-hybridized carbons (Fsp3) is 0.400. The molecule has 16 heteroatoms. The van der Waals surface area contributed by atoms with Crippen LogP contribution in [0, 0.1) is 5.92 Å². The first-order valence-electron chi connectivity index (χ1n) is 22.3. The van der Waals surface area contributed by atoms with Crippen LogP contribution in [-0.2, 0) is 33.4 Å². The first-order valence-corrected chi connectivity index (χ1v) is 22.3. The molecule has 1 unspecified atom stereocenters. The maximum Gasteiger partial charge on any atom is 0.343 e. The van der Waals surface area contributed by atoms with Crippen LogP contribution < -0.4 is 26.6 Å². The average molecular weight is 905 g/mol. The van der Waals surface area contributed by atoms with E-state index in [0.717, 1.165) is 25.7 Å². The highest BCUT2D eigenvalue weighted by molar-refractivity contribution is 6.20. The second kappa shape index (κ2) is 24.3. The first-order chi connectivity index (χ1) is 31.3. The third-order valence-electron chi connectivity index (χ3n) is 9.42. The summed E-state index contributed by atoms with van der Waals surface area (Å²) in [6.07, 6.45) is 7.07. The highest BCUT2D eigenvalue weighted by Gasteiger charge is 2.25. The van der Waals surface area contributed by atoms with Crippen LogP contribution in [0.1, 0.15) is 116 Å². The predicted octanol–water partition coefficient (Wildman–Crippen LogP) is 9.20. The van der Waals surface area contributed by atoms with E-state index in [2.05, 4.69) is 55.4 Å². The molecule has 66 heavy (non-hydrogen) atoms. The van der Waals surface area contributed by atoms with Crippen LogP contribution >= 0.6 is 0 Å². The van der Waals surface area contributed by atoms with E-state index in [1.165, 1.54) is 12.2 Å². The molecule has 0 aliphatic heterocycles. The highest BCUT2D eigenvalue weighted by Crippen LogP contribution is 2.24.